The molecule has 9 heavy (non-hydrogen) atoms. The summed E-state index contributed by atoms with van der Waals surface area (Å²) in [5.74, 6) is 0.468. The highest BCUT2D eigenvalue weighted by Gasteiger charge is 2.16. The van der Waals surface area contributed by atoms with Gasteiger partial charge < -0.3 is 5.11 Å². The molecule has 0 fully saturated rings. The Morgan fingerprint density at radius 1 is 1.67 bits per heavy atom. The Labute approximate surface area is 56.4 Å². The van der Waals surface area contributed by atoms with Gasteiger partial charge in [-0.15, -0.1) is 0 Å². The van der Waals surface area contributed by atoms with E-state index in [4.69, 9.17) is 0 Å². The van der Waals surface area contributed by atoms with E-state index in [9.17, 15) is 5.11 Å². The first-order valence-electron chi connectivity index (χ1n) is 3.54. The molecule has 0 bridgehead atoms. The molecule has 0 aromatic carbocycles. The predicted molar refractivity (Wildman–Crippen MR) is 38.2 cm³/mol. The van der Waals surface area contributed by atoms with E-state index in [2.05, 4.69) is 19.9 Å². The molecule has 1 aliphatic rings. The van der Waals surface area contributed by atoms with Crippen molar-refractivity contribution in [3.05, 3.63) is 11.6 Å². The Kier molecular flexibility index (Phi) is 1.91. The van der Waals surface area contributed by atoms with Crippen LogP contribution in [0.15, 0.2) is 11.6 Å². The van der Waals surface area contributed by atoms with Crippen LogP contribution < -0.4 is 0 Å². The number of aliphatic hydroxyl groups is 1. The molecule has 1 aliphatic carbocycles. The average molecular weight is 126 g/mol. The van der Waals surface area contributed by atoms with Crippen LogP contribution in [0.5, 0.6) is 0 Å². The first-order valence-corrected chi connectivity index (χ1v) is 3.54. The molecule has 0 heterocycles. The minimum absolute atomic E-state index is 0.0892. The highest BCUT2D eigenvalue weighted by Crippen LogP contribution is 2.22. The van der Waals surface area contributed by atoms with Gasteiger partial charge in [0.1, 0.15) is 0 Å². The Balaban J connectivity index is 2.54. The van der Waals surface area contributed by atoms with Gasteiger partial charge in [-0.3, -0.25) is 0 Å². The zero-order valence-electron chi connectivity index (χ0n) is 6.09. The number of allylic oxidation sites excluding steroid dienone is 1. The molecule has 0 aromatic rings. The van der Waals surface area contributed by atoms with Gasteiger partial charge in [-0.1, -0.05) is 18.6 Å². The summed E-state index contributed by atoms with van der Waals surface area (Å²) in [6.07, 6.45) is 3.97. The molecule has 2 atom stereocenters. The second-order valence-electron chi connectivity index (χ2n) is 3.03. The van der Waals surface area contributed by atoms with Crippen LogP contribution in [-0.4, -0.2) is 11.2 Å². The van der Waals surface area contributed by atoms with Crippen molar-refractivity contribution < 1.29 is 5.11 Å². The highest BCUT2D eigenvalue weighted by molar-refractivity contribution is 5.05. The molecule has 52 valence electrons. The molecule has 0 saturated carbocycles. The molecule has 0 aromatic heterocycles. The van der Waals surface area contributed by atoms with Crippen LogP contribution in [0, 0.1) is 5.92 Å². The van der Waals surface area contributed by atoms with Crippen LogP contribution >= 0.6 is 0 Å². The summed E-state index contributed by atoms with van der Waals surface area (Å²) in [6.45, 7) is 4.23. The van der Waals surface area contributed by atoms with Crippen LogP contribution in [0.3, 0.4) is 0 Å². The first kappa shape index (κ1) is 6.81. The maximum absolute atomic E-state index is 9.25. The van der Waals surface area contributed by atoms with Gasteiger partial charge in [0.25, 0.3) is 0 Å². The summed E-state index contributed by atoms with van der Waals surface area (Å²) >= 11 is 0. The Bertz CT molecular complexity index is 127. The molecule has 0 unspecified atom stereocenters. The van der Waals surface area contributed by atoms with E-state index in [1.165, 1.54) is 5.57 Å². The lowest BCUT2D eigenvalue weighted by atomic mass is 9.89. The third-order valence-corrected chi connectivity index (χ3v) is 2.01. The zero-order chi connectivity index (χ0) is 6.85. The molecule has 0 spiro atoms. The van der Waals surface area contributed by atoms with Crippen molar-refractivity contribution in [2.24, 2.45) is 5.92 Å². The third kappa shape index (κ3) is 1.55. The van der Waals surface area contributed by atoms with Gasteiger partial charge in [0.2, 0.25) is 0 Å². The maximum atomic E-state index is 9.25. The van der Waals surface area contributed by atoms with Crippen LogP contribution in [0.1, 0.15) is 26.7 Å². The molecular weight excluding hydrogens is 112 g/mol. The van der Waals surface area contributed by atoms with Crippen molar-refractivity contribution in [1.29, 1.82) is 0 Å². The van der Waals surface area contributed by atoms with Crippen LogP contribution in [0.2, 0.25) is 0 Å². The van der Waals surface area contributed by atoms with Gasteiger partial charge in [-0.2, -0.15) is 0 Å². The minimum atomic E-state index is -0.0892. The Hall–Kier alpha value is -0.300. The minimum Gasteiger partial charge on any atom is -0.393 e. The topological polar surface area (TPSA) is 20.2 Å². The van der Waals surface area contributed by atoms with Crippen molar-refractivity contribution in [2.45, 2.75) is 32.8 Å². The van der Waals surface area contributed by atoms with Crippen LogP contribution in [-0.2, 0) is 0 Å². The molecule has 1 N–H and O–H groups in total. The second kappa shape index (κ2) is 2.53. The fourth-order valence-electron chi connectivity index (χ4n) is 1.28. The van der Waals surface area contributed by atoms with E-state index in [0.29, 0.717) is 5.92 Å². The Morgan fingerprint density at radius 2 is 2.33 bits per heavy atom. The van der Waals surface area contributed by atoms with Crippen molar-refractivity contribution in [1.82, 2.24) is 0 Å². The lowest BCUT2D eigenvalue weighted by Gasteiger charge is -2.22. The number of hydrogen-bond acceptors (Lipinski definition) is 1. The highest BCUT2D eigenvalue weighted by atomic mass is 16.3. The smallest absolute Gasteiger partial charge is 0.0603 e. The summed E-state index contributed by atoms with van der Waals surface area (Å²) in [5, 5.41) is 9.25. The van der Waals surface area contributed by atoms with Crippen molar-refractivity contribution >= 4 is 0 Å². The predicted octanol–water partition coefficient (Wildman–Crippen LogP) is 1.72. The summed E-state index contributed by atoms with van der Waals surface area (Å²) in [5.41, 5.74) is 1.42. The number of rotatable bonds is 0. The average Bonchev–Trinajstić information content (AvgIpc) is 1.80. The van der Waals surface area contributed by atoms with E-state index in [0.717, 1.165) is 12.8 Å². The molecule has 1 rings (SSSR count). The van der Waals surface area contributed by atoms with Gasteiger partial charge in [-0.25, -0.2) is 0 Å². The largest absolute Gasteiger partial charge is 0.393 e. The van der Waals surface area contributed by atoms with E-state index < -0.39 is 0 Å². The number of hydrogen-bond donors (Lipinski definition) is 1. The fourth-order valence-corrected chi connectivity index (χ4v) is 1.28. The summed E-state index contributed by atoms with van der Waals surface area (Å²) in [6, 6.07) is 0. The maximum Gasteiger partial charge on any atom is 0.0603 e. The fraction of sp³-hybridized carbons (Fsp3) is 0.750. The summed E-state index contributed by atoms with van der Waals surface area (Å²) in [7, 11) is 0. The quantitative estimate of drug-likeness (QED) is 0.490. The van der Waals surface area contributed by atoms with Gasteiger partial charge in [0, 0.05) is 0 Å². The lowest BCUT2D eigenvalue weighted by Crippen LogP contribution is -2.20. The van der Waals surface area contributed by atoms with Crippen LogP contribution in [0.4, 0.5) is 0 Å². The van der Waals surface area contributed by atoms with E-state index >= 15 is 0 Å². The second-order valence-corrected chi connectivity index (χ2v) is 3.03. The molecule has 1 nitrogen and oxygen atoms in total. The molecular formula is C8H14O. The standard InChI is InChI=1S/C8H14O/c1-6-3-4-8(9)7(2)5-6/h3,7-9H,4-5H2,1-2H3/t7-,8-/m1/s1. The molecule has 1 heteroatoms. The van der Waals surface area contributed by atoms with Gasteiger partial charge in [0.15, 0.2) is 0 Å². The van der Waals surface area contributed by atoms with Gasteiger partial charge in [-0.05, 0) is 25.7 Å². The van der Waals surface area contributed by atoms with E-state index in [1.807, 2.05) is 0 Å². The van der Waals surface area contributed by atoms with E-state index in [1.54, 1.807) is 0 Å². The van der Waals surface area contributed by atoms with E-state index in [-0.39, 0.29) is 6.10 Å². The van der Waals surface area contributed by atoms with Gasteiger partial charge in [0.05, 0.1) is 6.10 Å². The number of aliphatic hydroxyl groups excluding tert-OH is 1. The third-order valence-electron chi connectivity index (χ3n) is 2.01. The Morgan fingerprint density at radius 3 is 2.78 bits per heavy atom. The molecule has 0 radical (unpaired) electrons. The molecule has 0 amide bonds. The van der Waals surface area contributed by atoms with Gasteiger partial charge >= 0.3 is 0 Å². The van der Waals surface area contributed by atoms with Crippen molar-refractivity contribution in [2.75, 3.05) is 0 Å². The monoisotopic (exact) mass is 126 g/mol. The summed E-state index contributed by atoms with van der Waals surface area (Å²) in [4.78, 5) is 0. The van der Waals surface area contributed by atoms with Crippen molar-refractivity contribution in [3.63, 3.8) is 0 Å². The normalized spacial score (nSPS) is 36.1. The summed E-state index contributed by atoms with van der Waals surface area (Å²) < 4.78 is 0. The first-order chi connectivity index (χ1) is 4.20. The molecule has 0 aliphatic heterocycles. The lowest BCUT2D eigenvalue weighted by molar-refractivity contribution is 0.113. The zero-order valence-corrected chi connectivity index (χ0v) is 6.09. The van der Waals surface area contributed by atoms with Crippen LogP contribution in [0.25, 0.3) is 0 Å². The van der Waals surface area contributed by atoms with Crippen molar-refractivity contribution in [3.8, 4) is 0 Å². The SMILES string of the molecule is CC1=CC[C@@H](O)[C@H](C)C1. The molecule has 0 saturated heterocycles.